The second-order valence-corrected chi connectivity index (χ2v) is 7.26. The van der Waals surface area contributed by atoms with Gasteiger partial charge >= 0.3 is 0 Å². The van der Waals surface area contributed by atoms with Crippen molar-refractivity contribution in [3.8, 4) is 0 Å². The molecule has 0 saturated carbocycles. The number of hydrogen-bond acceptors (Lipinski definition) is 2. The number of nitrogens with zero attached hydrogens (tertiary/aromatic N) is 3. The molecular weight excluding hydrogens is 314 g/mol. The highest BCUT2D eigenvalue weighted by Gasteiger charge is 2.26. The van der Waals surface area contributed by atoms with E-state index in [1.165, 1.54) is 11.0 Å². The lowest BCUT2D eigenvalue weighted by Crippen LogP contribution is -2.39. The topological polar surface area (TPSA) is 47.2 Å². The summed E-state index contributed by atoms with van der Waals surface area (Å²) in [5.41, 5.74) is 2.13. The summed E-state index contributed by atoms with van der Waals surface area (Å²) < 4.78 is 3.43. The third kappa shape index (κ3) is 2.37. The standard InChI is InChI=1S/C20H23N3O2/c1-13-7-6-10-23(11-13)19(24)15-12-21(2)20(25)18-17(15)14-8-4-5-9-16(14)22(18)3/h4-5,8-9,12-13H,6-7,10-11H2,1-3H3. The number of rotatable bonds is 1. The summed E-state index contributed by atoms with van der Waals surface area (Å²) in [6.45, 7) is 3.76. The van der Waals surface area contributed by atoms with Crippen LogP contribution in [0.4, 0.5) is 0 Å². The van der Waals surface area contributed by atoms with Crippen LogP contribution in [0.15, 0.2) is 35.3 Å². The lowest BCUT2D eigenvalue weighted by molar-refractivity contribution is 0.0684. The van der Waals surface area contributed by atoms with E-state index in [1.807, 2.05) is 40.8 Å². The van der Waals surface area contributed by atoms with Gasteiger partial charge in [-0.05, 0) is 24.8 Å². The maximum absolute atomic E-state index is 13.3. The Balaban J connectivity index is 2.01. The highest BCUT2D eigenvalue weighted by Crippen LogP contribution is 2.30. The highest BCUT2D eigenvalue weighted by molar-refractivity contribution is 6.17. The van der Waals surface area contributed by atoms with Crippen LogP contribution in [0, 0.1) is 5.92 Å². The quantitative estimate of drug-likeness (QED) is 0.685. The molecule has 1 fully saturated rings. The molecule has 1 aromatic carbocycles. The molecule has 1 saturated heterocycles. The van der Waals surface area contributed by atoms with E-state index in [4.69, 9.17) is 0 Å². The Bertz CT molecular complexity index is 1040. The van der Waals surface area contributed by atoms with E-state index in [0.717, 1.165) is 35.8 Å². The summed E-state index contributed by atoms with van der Waals surface area (Å²) in [7, 11) is 3.61. The molecular formula is C20H23N3O2. The van der Waals surface area contributed by atoms with Crippen molar-refractivity contribution in [1.82, 2.24) is 14.0 Å². The van der Waals surface area contributed by atoms with Crippen LogP contribution in [0.2, 0.25) is 0 Å². The Morgan fingerprint density at radius 1 is 1.20 bits per heavy atom. The molecule has 1 atom stereocenters. The Morgan fingerprint density at radius 3 is 2.72 bits per heavy atom. The molecule has 0 radical (unpaired) electrons. The zero-order chi connectivity index (χ0) is 17.7. The maximum atomic E-state index is 13.3. The summed E-state index contributed by atoms with van der Waals surface area (Å²) in [6.07, 6.45) is 3.91. The van der Waals surface area contributed by atoms with Gasteiger partial charge in [0.25, 0.3) is 11.5 Å². The first-order chi connectivity index (χ1) is 12.0. The Morgan fingerprint density at radius 2 is 1.96 bits per heavy atom. The van der Waals surface area contributed by atoms with Crippen molar-refractivity contribution in [2.24, 2.45) is 20.0 Å². The fourth-order valence-corrected chi connectivity index (χ4v) is 4.11. The van der Waals surface area contributed by atoms with E-state index in [-0.39, 0.29) is 11.5 Å². The zero-order valence-corrected chi connectivity index (χ0v) is 15.0. The van der Waals surface area contributed by atoms with Crippen molar-refractivity contribution >= 4 is 27.7 Å². The molecule has 3 aromatic rings. The van der Waals surface area contributed by atoms with Crippen LogP contribution in [-0.4, -0.2) is 33.0 Å². The lowest BCUT2D eigenvalue weighted by Gasteiger charge is -2.31. The Hall–Kier alpha value is -2.56. The monoisotopic (exact) mass is 337 g/mol. The van der Waals surface area contributed by atoms with E-state index >= 15 is 0 Å². The summed E-state index contributed by atoms with van der Waals surface area (Å²) in [4.78, 5) is 28.0. The van der Waals surface area contributed by atoms with Gasteiger partial charge in [-0.15, -0.1) is 0 Å². The van der Waals surface area contributed by atoms with E-state index in [2.05, 4.69) is 6.92 Å². The predicted octanol–water partition coefficient (Wildman–Crippen LogP) is 2.90. The Kier molecular flexibility index (Phi) is 3.67. The van der Waals surface area contributed by atoms with Crippen molar-refractivity contribution in [3.63, 3.8) is 0 Å². The number of likely N-dealkylation sites (tertiary alicyclic amines) is 1. The second kappa shape index (κ2) is 5.76. The second-order valence-electron chi connectivity index (χ2n) is 7.26. The number of hydrogen-bond donors (Lipinski definition) is 0. The van der Waals surface area contributed by atoms with Gasteiger partial charge in [-0.2, -0.15) is 0 Å². The minimum Gasteiger partial charge on any atom is -0.339 e. The molecule has 0 bridgehead atoms. The van der Waals surface area contributed by atoms with Crippen LogP contribution in [-0.2, 0) is 14.1 Å². The van der Waals surface area contributed by atoms with Crippen LogP contribution < -0.4 is 5.56 Å². The Labute approximate surface area is 146 Å². The predicted molar refractivity (Wildman–Crippen MR) is 100.0 cm³/mol. The molecule has 25 heavy (non-hydrogen) atoms. The molecule has 1 aliphatic rings. The molecule has 2 aromatic heterocycles. The van der Waals surface area contributed by atoms with E-state index in [1.54, 1.807) is 13.2 Å². The van der Waals surface area contributed by atoms with Gasteiger partial charge in [-0.3, -0.25) is 9.59 Å². The lowest BCUT2D eigenvalue weighted by atomic mass is 9.99. The molecule has 4 rings (SSSR count). The van der Waals surface area contributed by atoms with Crippen LogP contribution in [0.3, 0.4) is 0 Å². The number of para-hydroxylation sites is 1. The third-order valence-electron chi connectivity index (χ3n) is 5.40. The number of pyridine rings is 1. The van der Waals surface area contributed by atoms with Crippen molar-refractivity contribution < 1.29 is 4.79 Å². The minimum absolute atomic E-state index is 0.0310. The zero-order valence-electron chi connectivity index (χ0n) is 15.0. The number of aryl methyl sites for hydroxylation is 2. The van der Waals surface area contributed by atoms with Crippen molar-refractivity contribution in [3.05, 3.63) is 46.4 Å². The van der Waals surface area contributed by atoms with Crippen LogP contribution in [0.1, 0.15) is 30.1 Å². The molecule has 1 aliphatic heterocycles. The fraction of sp³-hybridized carbons (Fsp3) is 0.400. The van der Waals surface area contributed by atoms with Crippen LogP contribution in [0.25, 0.3) is 21.8 Å². The first kappa shape index (κ1) is 15.9. The van der Waals surface area contributed by atoms with Gasteiger partial charge < -0.3 is 14.0 Å². The SMILES string of the molecule is CC1CCCN(C(=O)c2cn(C)c(=O)c3c2c2ccccc2n3C)C1. The number of fused-ring (bicyclic) bond motifs is 3. The van der Waals surface area contributed by atoms with Gasteiger partial charge in [0, 0.05) is 49.7 Å². The van der Waals surface area contributed by atoms with Gasteiger partial charge in [0.05, 0.1) is 5.56 Å². The molecule has 130 valence electrons. The number of aromatic nitrogens is 2. The van der Waals surface area contributed by atoms with E-state index in [9.17, 15) is 9.59 Å². The van der Waals surface area contributed by atoms with Gasteiger partial charge in [0.15, 0.2) is 0 Å². The number of carbonyl (C=O) groups excluding carboxylic acids is 1. The molecule has 0 N–H and O–H groups in total. The molecule has 5 heteroatoms. The van der Waals surface area contributed by atoms with Crippen LogP contribution >= 0.6 is 0 Å². The third-order valence-corrected chi connectivity index (χ3v) is 5.40. The maximum Gasteiger partial charge on any atom is 0.274 e. The summed E-state index contributed by atoms with van der Waals surface area (Å²) in [5.74, 6) is 0.553. The number of benzene rings is 1. The smallest absolute Gasteiger partial charge is 0.274 e. The summed E-state index contributed by atoms with van der Waals surface area (Å²) >= 11 is 0. The first-order valence-electron chi connectivity index (χ1n) is 8.85. The molecule has 0 spiro atoms. The average Bonchev–Trinajstić information content (AvgIpc) is 2.91. The number of piperidine rings is 1. The fourth-order valence-electron chi connectivity index (χ4n) is 4.11. The molecule has 0 aliphatic carbocycles. The first-order valence-corrected chi connectivity index (χ1v) is 8.85. The van der Waals surface area contributed by atoms with E-state index in [0.29, 0.717) is 17.0 Å². The molecule has 1 amide bonds. The highest BCUT2D eigenvalue weighted by atomic mass is 16.2. The van der Waals surface area contributed by atoms with Crippen molar-refractivity contribution in [2.75, 3.05) is 13.1 Å². The van der Waals surface area contributed by atoms with Gasteiger partial charge in [-0.25, -0.2) is 0 Å². The van der Waals surface area contributed by atoms with Crippen molar-refractivity contribution in [1.29, 1.82) is 0 Å². The molecule has 5 nitrogen and oxygen atoms in total. The molecule has 1 unspecified atom stereocenters. The summed E-state index contributed by atoms with van der Waals surface area (Å²) in [5, 5.41) is 1.75. The van der Waals surface area contributed by atoms with Gasteiger partial charge in [0.2, 0.25) is 0 Å². The van der Waals surface area contributed by atoms with Crippen molar-refractivity contribution in [2.45, 2.75) is 19.8 Å². The number of carbonyl (C=O) groups is 1. The molecule has 3 heterocycles. The minimum atomic E-state index is -0.0720. The normalized spacial score (nSPS) is 18.2. The number of amides is 1. The average molecular weight is 337 g/mol. The van der Waals surface area contributed by atoms with E-state index < -0.39 is 0 Å². The summed E-state index contributed by atoms with van der Waals surface area (Å²) in [6, 6.07) is 7.90. The van der Waals surface area contributed by atoms with Gasteiger partial charge in [0.1, 0.15) is 5.52 Å². The largest absolute Gasteiger partial charge is 0.339 e. The van der Waals surface area contributed by atoms with Gasteiger partial charge in [-0.1, -0.05) is 25.1 Å². The van der Waals surface area contributed by atoms with Crippen LogP contribution in [0.5, 0.6) is 0 Å².